The number of nitrogens with one attached hydrogen (secondary N) is 11. The third-order valence-corrected chi connectivity index (χ3v) is 17.4. The molecule has 0 aliphatic carbocycles. The Kier molecular flexibility index (Phi) is 41.9. The predicted octanol–water partition coefficient (Wildman–Crippen LogP) is -7.24. The van der Waals surface area contributed by atoms with Crippen LogP contribution in [0.3, 0.4) is 0 Å². The van der Waals surface area contributed by atoms with Gasteiger partial charge in [0.15, 0.2) is 24.7 Å². The Bertz CT molecular complexity index is 2870. The zero-order valence-corrected chi connectivity index (χ0v) is 59.9. The van der Waals surface area contributed by atoms with E-state index in [-0.39, 0.29) is 51.5 Å². The number of amides is 10. The van der Waals surface area contributed by atoms with Gasteiger partial charge in [0.2, 0.25) is 59.1 Å². The van der Waals surface area contributed by atoms with E-state index in [4.69, 9.17) is 28.4 Å². The monoisotopic (exact) mass is 1500 g/mol. The SMILES string of the molecule is CNC(Cc1ccc(O)cc1)C(=O)NC(CC(=O)NC(CC(=O)NCC(=O)NCCCCCCO[C@@H]1OC(CO)[C@H](O)[C@H](O)C1NC(C)=O)C(=O)NCC(=O)CCCCCCCO[C@@H]1OC(CO)[C@H](O)[C@H](O)C1NC(C)=O)C(=O)NCC(=O)NCCCCCCO[C@@H]1OC(CO)[C@H](O)[C@H](O)C1NC(C)=O. The van der Waals surface area contributed by atoms with Crippen molar-refractivity contribution in [2.75, 3.05) is 79.4 Å². The molecule has 21 N–H and O–H groups in total. The van der Waals surface area contributed by atoms with Crippen molar-refractivity contribution in [3.05, 3.63) is 29.8 Å². The Morgan fingerprint density at radius 3 is 1.20 bits per heavy atom. The Hall–Kier alpha value is -7.25. The third-order valence-electron chi connectivity index (χ3n) is 17.4. The Morgan fingerprint density at radius 2 is 0.790 bits per heavy atom. The van der Waals surface area contributed by atoms with Crippen LogP contribution in [-0.2, 0) is 87.6 Å². The van der Waals surface area contributed by atoms with Gasteiger partial charge in [-0.05, 0) is 69.7 Å². The van der Waals surface area contributed by atoms with Gasteiger partial charge < -0.3 is 138 Å². The lowest BCUT2D eigenvalue weighted by atomic mass is 9.97. The molecule has 0 radical (unpaired) electrons. The van der Waals surface area contributed by atoms with Crippen molar-refractivity contribution in [3.8, 4) is 5.75 Å². The molecule has 9 unspecified atom stereocenters. The van der Waals surface area contributed by atoms with E-state index in [1.54, 1.807) is 12.1 Å². The second kappa shape index (κ2) is 48.9. The molecule has 0 saturated carbocycles. The standard InChI is InChI=1S/C67H111N11O27/c1-37(82)74-53-59(94)56(91)46(34-79)103-65(53)100-25-15-9-5-6-12-18-42(86)31-72-62(97)44(29-49(87)71-32-51(89)69-23-13-7-10-16-26-101-66-54(75-38(2)83)60(95)57(92)47(35-80)104-66)77-50(88)30-45(78-64(99)43(68-4)28-40-19-21-41(85)22-20-40)63(98)73-33-52(90)70-24-14-8-11-17-27-102-67-55(76-39(3)84)61(96)58(93)48(36-81)105-67/h19-22,43-48,53-61,65-68,79-81,85,91-96H,5-18,23-36H2,1-4H3,(H,69,89)(H,70,90)(H,71,87)(H,72,97)(H,73,98)(H,74,82)(H,75,83)(H,76,84)(H,77,88)(H,78,99)/t43?,44?,45?,46?,47?,48?,53?,54?,55?,56-,57-,58-,59+,60+,61+,65+,66+,67+/m0/s1. The first kappa shape index (κ1) is 90.1. The summed E-state index contributed by atoms with van der Waals surface area (Å²) in [7, 11) is 1.47. The average molecular weight is 1500 g/mol. The number of phenolic OH excluding ortho intramolecular Hbond substituents is 1. The Morgan fingerprint density at radius 1 is 0.419 bits per heavy atom. The second-order valence-electron chi connectivity index (χ2n) is 26.0. The lowest BCUT2D eigenvalue weighted by Crippen LogP contribution is -2.64. The third kappa shape index (κ3) is 32.8. The molecule has 3 aliphatic rings. The molecule has 3 aliphatic heterocycles. The number of hydrogen-bond acceptors (Lipinski definition) is 28. The van der Waals surface area contributed by atoms with Crippen LogP contribution in [0.15, 0.2) is 24.3 Å². The number of ether oxygens (including phenoxy) is 6. The van der Waals surface area contributed by atoms with E-state index in [1.807, 2.05) is 0 Å². The van der Waals surface area contributed by atoms with Crippen LogP contribution in [0, 0.1) is 0 Å². The molecule has 105 heavy (non-hydrogen) atoms. The average Bonchev–Trinajstić information content (AvgIpc) is 0.821. The van der Waals surface area contributed by atoms with E-state index < -0.39 is 227 Å². The number of aliphatic hydroxyl groups is 9. The number of Topliss-reactive ketones (excluding diaryl/α,β-unsaturated/α-hetero) is 1. The molecule has 3 fully saturated rings. The molecule has 38 nitrogen and oxygen atoms in total. The summed E-state index contributed by atoms with van der Waals surface area (Å²) < 4.78 is 34.0. The van der Waals surface area contributed by atoms with Crippen LogP contribution in [-0.4, -0.2) is 305 Å². The van der Waals surface area contributed by atoms with Crippen LogP contribution in [0.5, 0.6) is 5.75 Å². The second-order valence-corrected chi connectivity index (χ2v) is 26.0. The Labute approximate surface area is 608 Å². The van der Waals surface area contributed by atoms with Crippen LogP contribution in [0.25, 0.3) is 0 Å². The summed E-state index contributed by atoms with van der Waals surface area (Å²) in [5, 5.41) is 129. The van der Waals surface area contributed by atoms with Gasteiger partial charge in [-0.3, -0.25) is 52.7 Å². The number of carbonyl (C=O) groups is 11. The van der Waals surface area contributed by atoms with Crippen molar-refractivity contribution in [2.45, 2.75) is 240 Å². The zero-order valence-electron chi connectivity index (χ0n) is 59.9. The number of rotatable bonds is 49. The summed E-state index contributed by atoms with van der Waals surface area (Å²) in [6, 6.07) is -1.84. The fourth-order valence-electron chi connectivity index (χ4n) is 11.6. The predicted molar refractivity (Wildman–Crippen MR) is 366 cm³/mol. The quantitative estimate of drug-likeness (QED) is 0.0270. The summed E-state index contributed by atoms with van der Waals surface area (Å²) in [6.45, 7) is 0.816. The summed E-state index contributed by atoms with van der Waals surface area (Å²) in [4.78, 5) is 144. The van der Waals surface area contributed by atoms with E-state index in [2.05, 4.69) is 58.5 Å². The minimum atomic E-state index is -1.74. The highest BCUT2D eigenvalue weighted by Gasteiger charge is 2.48. The highest BCUT2D eigenvalue weighted by Crippen LogP contribution is 2.26. The lowest BCUT2D eigenvalue weighted by Gasteiger charge is -2.42. The molecular weight excluding hydrogens is 1390 g/mol. The van der Waals surface area contributed by atoms with E-state index in [0.717, 1.165) is 0 Å². The van der Waals surface area contributed by atoms with Crippen molar-refractivity contribution in [1.82, 2.24) is 58.5 Å². The van der Waals surface area contributed by atoms with Gasteiger partial charge in [-0.25, -0.2) is 0 Å². The maximum atomic E-state index is 14.1. The number of aromatic hydroxyl groups is 1. The first-order valence-corrected chi connectivity index (χ1v) is 35.6. The fraction of sp³-hybridized carbons (Fsp3) is 0.746. The van der Waals surface area contributed by atoms with E-state index in [1.165, 1.54) is 40.0 Å². The zero-order chi connectivity index (χ0) is 77.5. The molecule has 1 aromatic carbocycles. The summed E-state index contributed by atoms with van der Waals surface area (Å²) in [6.07, 6.45) is -10.3. The lowest BCUT2D eigenvalue weighted by molar-refractivity contribution is -0.270. The fourth-order valence-corrected chi connectivity index (χ4v) is 11.6. The molecule has 4 rings (SSSR count). The number of aliphatic hydroxyl groups excluding tert-OH is 9. The van der Waals surface area contributed by atoms with Crippen LogP contribution in [0.4, 0.5) is 0 Å². The van der Waals surface area contributed by atoms with Crippen LogP contribution in [0.2, 0.25) is 0 Å². The molecule has 0 aromatic heterocycles. The van der Waals surface area contributed by atoms with Gasteiger partial charge in [0.05, 0.1) is 58.3 Å². The maximum Gasteiger partial charge on any atom is 0.243 e. The number of benzene rings is 1. The number of likely N-dealkylation sites (N-methyl/N-ethyl adjacent to an activating group) is 1. The van der Waals surface area contributed by atoms with Gasteiger partial charge in [0.1, 0.15) is 90.9 Å². The van der Waals surface area contributed by atoms with Gasteiger partial charge in [-0.15, -0.1) is 0 Å². The molecular formula is C67H111N11O27. The minimum Gasteiger partial charge on any atom is -0.508 e. The van der Waals surface area contributed by atoms with E-state index in [9.17, 15) is 104 Å². The van der Waals surface area contributed by atoms with Gasteiger partial charge in [-0.2, -0.15) is 0 Å². The van der Waals surface area contributed by atoms with E-state index in [0.29, 0.717) is 89.0 Å². The summed E-state index contributed by atoms with van der Waals surface area (Å²) in [5.74, 6) is -7.97. The van der Waals surface area contributed by atoms with Gasteiger partial charge in [0, 0.05) is 60.1 Å². The van der Waals surface area contributed by atoms with Crippen molar-refractivity contribution >= 4 is 64.9 Å². The normalized spacial score (nSPS) is 25.2. The number of phenols is 1. The number of unbranched alkanes of at least 4 members (excludes halogenated alkanes) is 10. The molecule has 0 bridgehead atoms. The van der Waals surface area contributed by atoms with E-state index >= 15 is 0 Å². The van der Waals surface area contributed by atoms with Gasteiger partial charge >= 0.3 is 0 Å². The highest BCUT2D eigenvalue weighted by molar-refractivity contribution is 5.98. The molecule has 596 valence electrons. The highest BCUT2D eigenvalue weighted by atomic mass is 16.7. The molecule has 3 heterocycles. The van der Waals surface area contributed by atoms with Gasteiger partial charge in [0.25, 0.3) is 0 Å². The first-order chi connectivity index (χ1) is 50.1. The van der Waals surface area contributed by atoms with Crippen LogP contribution >= 0.6 is 0 Å². The smallest absolute Gasteiger partial charge is 0.243 e. The van der Waals surface area contributed by atoms with Crippen molar-refractivity contribution in [3.63, 3.8) is 0 Å². The van der Waals surface area contributed by atoms with Crippen molar-refractivity contribution in [2.24, 2.45) is 0 Å². The summed E-state index contributed by atoms with van der Waals surface area (Å²) >= 11 is 0. The summed E-state index contributed by atoms with van der Waals surface area (Å²) in [5.41, 5.74) is 0.597. The molecule has 0 spiro atoms. The minimum absolute atomic E-state index is 0.0121. The topological polar surface area (TPSA) is 578 Å². The molecule has 10 amide bonds. The number of carbonyl (C=O) groups excluding carboxylic acids is 11. The van der Waals surface area contributed by atoms with Crippen LogP contribution in [0.1, 0.15) is 129 Å². The first-order valence-electron chi connectivity index (χ1n) is 35.6. The van der Waals surface area contributed by atoms with Gasteiger partial charge in [-0.1, -0.05) is 57.1 Å². The van der Waals surface area contributed by atoms with Crippen molar-refractivity contribution in [1.29, 1.82) is 0 Å². The molecule has 1 aromatic rings. The molecule has 3 saturated heterocycles. The number of hydrogen-bond donors (Lipinski definition) is 21. The Balaban J connectivity index is 1.35. The number of ketones is 1. The van der Waals surface area contributed by atoms with Crippen LogP contribution < -0.4 is 58.5 Å². The largest absolute Gasteiger partial charge is 0.508 e. The molecule has 38 heteroatoms. The van der Waals surface area contributed by atoms with Crippen molar-refractivity contribution < 1.29 is 132 Å². The molecule has 18 atom stereocenters. The maximum absolute atomic E-state index is 14.1.